The predicted octanol–water partition coefficient (Wildman–Crippen LogP) is 6.16. The molecule has 266 valence electrons. The van der Waals surface area contributed by atoms with Gasteiger partial charge < -0.3 is 29.2 Å². The van der Waals surface area contributed by atoms with E-state index in [1.54, 1.807) is 0 Å². The van der Waals surface area contributed by atoms with Crippen molar-refractivity contribution in [3.63, 3.8) is 0 Å². The lowest BCUT2D eigenvalue weighted by Crippen LogP contribution is -2.67. The number of ether oxygens (including phenoxy) is 4. The number of hydrogen-bond acceptors (Lipinski definition) is 8. The molecule has 46 heavy (non-hydrogen) atoms. The molecular formula is C36H64N2O8. The summed E-state index contributed by atoms with van der Waals surface area (Å²) in [5.74, 6) is -3.29. The molecule has 4 rings (SSSR count). The van der Waals surface area contributed by atoms with Crippen molar-refractivity contribution >= 4 is 11.9 Å². The zero-order valence-electron chi connectivity index (χ0n) is 30.9. The molecule has 4 heterocycles. The summed E-state index contributed by atoms with van der Waals surface area (Å²) in [6.07, 6.45) is 3.93. The maximum Gasteiger partial charge on any atom is 0.309 e. The number of aliphatic carboxylic acids is 2. The maximum absolute atomic E-state index is 13.4. The number of carboxylic acids is 2. The number of rotatable bonds is 9. The summed E-state index contributed by atoms with van der Waals surface area (Å²) in [5.41, 5.74) is -2.89. The predicted molar refractivity (Wildman–Crippen MR) is 177 cm³/mol. The van der Waals surface area contributed by atoms with Gasteiger partial charge in [0.15, 0.2) is 11.6 Å². The van der Waals surface area contributed by atoms with Crippen LogP contribution in [0.3, 0.4) is 0 Å². The summed E-state index contributed by atoms with van der Waals surface area (Å²) in [7, 11) is 4.29. The van der Waals surface area contributed by atoms with Gasteiger partial charge in [-0.25, -0.2) is 0 Å². The minimum atomic E-state index is -1.20. The van der Waals surface area contributed by atoms with Gasteiger partial charge in [-0.15, -0.1) is 0 Å². The van der Waals surface area contributed by atoms with Crippen LogP contribution < -0.4 is 0 Å². The van der Waals surface area contributed by atoms with Gasteiger partial charge in [0.1, 0.15) is 0 Å². The Bertz CT molecular complexity index is 1030. The van der Waals surface area contributed by atoms with E-state index in [1.807, 2.05) is 13.8 Å². The quantitative estimate of drug-likeness (QED) is 0.300. The second kappa shape index (κ2) is 11.9. The van der Waals surface area contributed by atoms with E-state index in [0.29, 0.717) is 39.3 Å². The van der Waals surface area contributed by atoms with Gasteiger partial charge >= 0.3 is 11.9 Å². The third kappa shape index (κ3) is 7.47. The van der Waals surface area contributed by atoms with Gasteiger partial charge in [-0.3, -0.25) is 19.4 Å². The third-order valence-corrected chi connectivity index (χ3v) is 12.2. The molecule has 10 nitrogen and oxygen atoms in total. The second-order valence-corrected chi connectivity index (χ2v) is 18.9. The molecule has 0 bridgehead atoms. The molecule has 0 aromatic heterocycles. The van der Waals surface area contributed by atoms with E-state index in [0.717, 1.165) is 25.7 Å². The van der Waals surface area contributed by atoms with E-state index < -0.39 is 39.8 Å². The van der Waals surface area contributed by atoms with E-state index in [9.17, 15) is 19.8 Å². The number of nitrogens with zero attached hydrogens (tertiary/aromatic N) is 2. The molecule has 2 spiro atoms. The lowest BCUT2D eigenvalue weighted by molar-refractivity contribution is -0.346. The molecule has 0 aromatic carbocycles. The van der Waals surface area contributed by atoms with Crippen LogP contribution >= 0.6 is 0 Å². The van der Waals surface area contributed by atoms with Crippen LogP contribution in [0.5, 0.6) is 0 Å². The van der Waals surface area contributed by atoms with Crippen LogP contribution in [0.4, 0.5) is 0 Å². The molecule has 0 radical (unpaired) electrons. The van der Waals surface area contributed by atoms with Crippen LogP contribution in [0.2, 0.25) is 0 Å². The van der Waals surface area contributed by atoms with Crippen molar-refractivity contribution in [3.05, 3.63) is 0 Å². The van der Waals surface area contributed by atoms with Gasteiger partial charge in [0.25, 0.3) is 0 Å². The Kier molecular flexibility index (Phi) is 9.74. The van der Waals surface area contributed by atoms with Gasteiger partial charge in [0.2, 0.25) is 0 Å². The summed E-state index contributed by atoms with van der Waals surface area (Å²) in [6.45, 7) is 23.3. The van der Waals surface area contributed by atoms with Crippen LogP contribution in [0.1, 0.15) is 127 Å². The fourth-order valence-electron chi connectivity index (χ4n) is 9.59. The average Bonchev–Trinajstić information content (AvgIpc) is 2.89. The smallest absolute Gasteiger partial charge is 0.309 e. The lowest BCUT2D eigenvalue weighted by Gasteiger charge is -2.60. The maximum atomic E-state index is 13.4. The first-order chi connectivity index (χ1) is 20.7. The minimum absolute atomic E-state index is 0.0793. The Morgan fingerprint density at radius 1 is 0.609 bits per heavy atom. The van der Waals surface area contributed by atoms with Crippen LogP contribution in [0.25, 0.3) is 0 Å². The van der Waals surface area contributed by atoms with E-state index in [1.165, 1.54) is 0 Å². The van der Waals surface area contributed by atoms with Crippen molar-refractivity contribution in [1.29, 1.82) is 0 Å². The van der Waals surface area contributed by atoms with Crippen molar-refractivity contribution in [2.24, 2.45) is 16.2 Å². The summed E-state index contributed by atoms with van der Waals surface area (Å²) in [6, 6.07) is 0. The first-order valence-corrected chi connectivity index (χ1v) is 17.2. The van der Waals surface area contributed by atoms with Crippen LogP contribution in [-0.2, 0) is 28.5 Å². The molecule has 0 unspecified atom stereocenters. The van der Waals surface area contributed by atoms with Crippen molar-refractivity contribution in [3.8, 4) is 0 Å². The molecule has 0 aliphatic carbocycles. The second-order valence-electron chi connectivity index (χ2n) is 18.9. The lowest BCUT2D eigenvalue weighted by atomic mass is 9.62. The standard InChI is InChI=1S/C36H64N2O8/c1-28(2)16-35(17-29(3,4)37(28)11)43-22-32(9,23-44-35)20-34(27(41)42,15-13-14-26(39)40)21-33(10)24-45-36(46-25-33)18-30(5,6)38(12)31(7,8)19-36/h13-25H2,1-12H3,(H,39,40)(H,41,42). The SMILES string of the molecule is CN1C(C)(C)CC2(CC1(C)C)OCC(C)(CC(CCCC(=O)O)(CC1(C)COC3(CC(C)(C)N(C)C(C)(C)C3)OC1)C(=O)O)CO2. The monoisotopic (exact) mass is 652 g/mol. The summed E-state index contributed by atoms with van der Waals surface area (Å²) >= 11 is 0. The highest BCUT2D eigenvalue weighted by Gasteiger charge is 2.59. The molecule has 0 amide bonds. The molecule has 4 aliphatic heterocycles. The van der Waals surface area contributed by atoms with Gasteiger partial charge in [-0.1, -0.05) is 13.8 Å². The summed E-state index contributed by atoms with van der Waals surface area (Å²) in [4.78, 5) is 29.7. The molecule has 4 saturated heterocycles. The minimum Gasteiger partial charge on any atom is -0.481 e. The fraction of sp³-hybridized carbons (Fsp3) is 0.944. The van der Waals surface area contributed by atoms with E-state index in [4.69, 9.17) is 18.9 Å². The number of likely N-dealkylation sites (tertiary alicyclic amines) is 2. The third-order valence-electron chi connectivity index (χ3n) is 12.2. The summed E-state index contributed by atoms with van der Waals surface area (Å²) in [5, 5.41) is 20.4. The van der Waals surface area contributed by atoms with Crippen molar-refractivity contribution in [1.82, 2.24) is 9.80 Å². The number of piperidine rings is 2. The summed E-state index contributed by atoms with van der Waals surface area (Å²) < 4.78 is 26.6. The van der Waals surface area contributed by atoms with Gasteiger partial charge in [-0.2, -0.15) is 0 Å². The van der Waals surface area contributed by atoms with Crippen LogP contribution in [0.15, 0.2) is 0 Å². The van der Waals surface area contributed by atoms with Crippen molar-refractivity contribution in [2.45, 2.75) is 161 Å². The van der Waals surface area contributed by atoms with E-state index in [2.05, 4.69) is 79.3 Å². The van der Waals surface area contributed by atoms with Crippen molar-refractivity contribution < 1.29 is 38.7 Å². The largest absolute Gasteiger partial charge is 0.481 e. The average molecular weight is 653 g/mol. The molecule has 0 aromatic rings. The highest BCUT2D eigenvalue weighted by atomic mass is 16.7. The van der Waals surface area contributed by atoms with Crippen molar-refractivity contribution in [2.75, 3.05) is 40.5 Å². The first-order valence-electron chi connectivity index (χ1n) is 17.2. The Hall–Kier alpha value is -1.30. The molecule has 4 aliphatic rings. The van der Waals surface area contributed by atoms with Gasteiger partial charge in [-0.05, 0) is 95.2 Å². The Morgan fingerprint density at radius 3 is 1.17 bits per heavy atom. The molecule has 2 N–H and O–H groups in total. The van der Waals surface area contributed by atoms with Crippen LogP contribution in [-0.4, -0.2) is 106 Å². The highest BCUT2D eigenvalue weighted by molar-refractivity contribution is 5.75. The Morgan fingerprint density at radius 2 is 0.913 bits per heavy atom. The fourth-order valence-corrected chi connectivity index (χ4v) is 9.59. The Labute approximate surface area is 277 Å². The van der Waals surface area contributed by atoms with Crippen LogP contribution in [0, 0.1) is 16.2 Å². The first kappa shape index (κ1) is 37.5. The molecule has 0 atom stereocenters. The molecule has 4 fully saturated rings. The topological polar surface area (TPSA) is 118 Å². The number of carbonyl (C=O) groups is 2. The highest BCUT2D eigenvalue weighted by Crippen LogP contribution is 2.54. The number of hydrogen-bond donors (Lipinski definition) is 2. The molecule has 10 heteroatoms. The van der Waals surface area contributed by atoms with E-state index in [-0.39, 0.29) is 41.4 Å². The number of carboxylic acid groups (broad SMARTS) is 2. The van der Waals surface area contributed by atoms with E-state index >= 15 is 0 Å². The normalized spacial score (nSPS) is 29.4. The molecular weight excluding hydrogens is 588 g/mol. The zero-order valence-corrected chi connectivity index (χ0v) is 30.9. The van der Waals surface area contributed by atoms with Gasteiger partial charge in [0.05, 0.1) is 31.8 Å². The zero-order chi connectivity index (χ0) is 34.8. The Balaban J connectivity index is 1.54. The molecule has 0 saturated carbocycles. The van der Waals surface area contributed by atoms with Gasteiger partial charge in [0, 0.05) is 65.1 Å².